The molecule has 2 aliphatic heterocycles. The van der Waals surface area contributed by atoms with E-state index in [9.17, 15) is 9.18 Å². The van der Waals surface area contributed by atoms with Gasteiger partial charge in [-0.15, -0.1) is 0 Å². The summed E-state index contributed by atoms with van der Waals surface area (Å²) in [5, 5.41) is 0. The van der Waals surface area contributed by atoms with Gasteiger partial charge in [0.05, 0.1) is 0 Å². The van der Waals surface area contributed by atoms with Gasteiger partial charge in [-0.1, -0.05) is 12.1 Å². The van der Waals surface area contributed by atoms with Gasteiger partial charge in [-0.3, -0.25) is 9.69 Å². The predicted octanol–water partition coefficient (Wildman–Crippen LogP) is 2.90. The maximum atomic E-state index is 13.4. The number of piperidine rings is 1. The summed E-state index contributed by atoms with van der Waals surface area (Å²) in [6.07, 6.45) is 4.87. The van der Waals surface area contributed by atoms with Gasteiger partial charge in [0.15, 0.2) is 0 Å². The van der Waals surface area contributed by atoms with Gasteiger partial charge in [0.2, 0.25) is 5.91 Å². The molecule has 27 heavy (non-hydrogen) atoms. The molecule has 1 atom stereocenters. The Bertz CT molecular complexity index is 841. The van der Waals surface area contributed by atoms with Crippen molar-refractivity contribution in [1.29, 1.82) is 0 Å². The molecule has 2 aromatic rings. The van der Waals surface area contributed by atoms with Crippen LogP contribution < -0.4 is 0 Å². The van der Waals surface area contributed by atoms with E-state index < -0.39 is 0 Å². The summed E-state index contributed by atoms with van der Waals surface area (Å²) in [6, 6.07) is 6.79. The minimum Gasteiger partial charge on any atom is -0.342 e. The number of amides is 1. The lowest BCUT2D eigenvalue weighted by atomic mass is 9.96. The van der Waals surface area contributed by atoms with Gasteiger partial charge in [-0.05, 0) is 30.5 Å². The van der Waals surface area contributed by atoms with Crippen LogP contribution in [-0.4, -0.2) is 45.3 Å². The summed E-state index contributed by atoms with van der Waals surface area (Å²) in [6.45, 7) is 5.62. The summed E-state index contributed by atoms with van der Waals surface area (Å²) in [5.41, 5.74) is 3.26. The minimum absolute atomic E-state index is 0.130. The highest BCUT2D eigenvalue weighted by atomic mass is 19.1. The van der Waals surface area contributed by atoms with Crippen molar-refractivity contribution in [3.63, 3.8) is 0 Å². The van der Waals surface area contributed by atoms with Gasteiger partial charge in [-0.25, -0.2) is 14.4 Å². The first-order chi connectivity index (χ1) is 13.1. The Labute approximate surface area is 159 Å². The lowest BCUT2D eigenvalue weighted by Gasteiger charge is -2.32. The van der Waals surface area contributed by atoms with Crippen molar-refractivity contribution in [2.45, 2.75) is 45.2 Å². The lowest BCUT2D eigenvalue weighted by Crippen LogP contribution is -2.38. The highest BCUT2D eigenvalue weighted by Gasteiger charge is 2.26. The van der Waals surface area contributed by atoms with Gasteiger partial charge in [-0.2, -0.15) is 0 Å². The van der Waals surface area contributed by atoms with E-state index in [4.69, 9.17) is 4.98 Å². The SMILES string of the molecule is CC(=O)N1CCC[C@H](c2ncc3c(n2)CCN(Cc2cccc(F)c2)C3)C1. The zero-order chi connectivity index (χ0) is 18.8. The number of rotatable bonds is 3. The fourth-order valence-electron chi connectivity index (χ4n) is 4.09. The molecule has 4 rings (SSSR count). The van der Waals surface area contributed by atoms with Crippen LogP contribution in [0, 0.1) is 5.82 Å². The number of carbonyl (C=O) groups is 1. The molecule has 0 saturated carbocycles. The largest absolute Gasteiger partial charge is 0.342 e. The van der Waals surface area contributed by atoms with E-state index in [0.717, 1.165) is 74.6 Å². The van der Waals surface area contributed by atoms with Gasteiger partial charge < -0.3 is 4.90 Å². The van der Waals surface area contributed by atoms with Crippen molar-refractivity contribution >= 4 is 5.91 Å². The third-order valence-corrected chi connectivity index (χ3v) is 5.56. The molecule has 1 fully saturated rings. The van der Waals surface area contributed by atoms with Crippen LogP contribution in [0.3, 0.4) is 0 Å². The molecule has 1 aromatic carbocycles. The molecule has 0 unspecified atom stereocenters. The van der Waals surface area contributed by atoms with Gasteiger partial charge in [0.1, 0.15) is 11.6 Å². The highest BCUT2D eigenvalue weighted by molar-refractivity contribution is 5.73. The zero-order valence-corrected chi connectivity index (χ0v) is 15.7. The summed E-state index contributed by atoms with van der Waals surface area (Å²) in [7, 11) is 0. The van der Waals surface area contributed by atoms with Crippen LogP contribution in [0.2, 0.25) is 0 Å². The first-order valence-corrected chi connectivity index (χ1v) is 9.65. The van der Waals surface area contributed by atoms with Crippen molar-refractivity contribution < 1.29 is 9.18 Å². The fraction of sp³-hybridized carbons (Fsp3) is 0.476. The predicted molar refractivity (Wildman–Crippen MR) is 100 cm³/mol. The maximum absolute atomic E-state index is 13.4. The Morgan fingerprint density at radius 3 is 3.04 bits per heavy atom. The second-order valence-corrected chi connectivity index (χ2v) is 7.59. The zero-order valence-electron chi connectivity index (χ0n) is 15.7. The second kappa shape index (κ2) is 7.72. The maximum Gasteiger partial charge on any atom is 0.219 e. The molecule has 0 bridgehead atoms. The number of aromatic nitrogens is 2. The molecule has 0 radical (unpaired) electrons. The molecule has 6 heteroatoms. The molecule has 2 aliphatic rings. The summed E-state index contributed by atoms with van der Waals surface area (Å²) in [4.78, 5) is 25.4. The molecule has 3 heterocycles. The van der Waals surface area contributed by atoms with Crippen LogP contribution in [0.25, 0.3) is 0 Å². The quantitative estimate of drug-likeness (QED) is 0.836. The number of hydrogen-bond acceptors (Lipinski definition) is 4. The Kier molecular flexibility index (Phi) is 5.16. The number of likely N-dealkylation sites (tertiary alicyclic amines) is 1. The topological polar surface area (TPSA) is 49.3 Å². The minimum atomic E-state index is -0.190. The van der Waals surface area contributed by atoms with Crippen molar-refractivity contribution in [1.82, 2.24) is 19.8 Å². The Balaban J connectivity index is 1.44. The van der Waals surface area contributed by atoms with E-state index in [2.05, 4.69) is 9.88 Å². The molecule has 0 N–H and O–H groups in total. The molecule has 5 nitrogen and oxygen atoms in total. The number of halogens is 1. The number of hydrogen-bond donors (Lipinski definition) is 0. The van der Waals surface area contributed by atoms with Crippen LogP contribution in [-0.2, 0) is 24.3 Å². The number of benzene rings is 1. The highest BCUT2D eigenvalue weighted by Crippen LogP contribution is 2.26. The average Bonchev–Trinajstić information content (AvgIpc) is 2.68. The normalized spacial score (nSPS) is 20.4. The molecular formula is C21H25FN4O. The first kappa shape index (κ1) is 18.0. The van der Waals surface area contributed by atoms with E-state index in [1.807, 2.05) is 17.2 Å². The molecule has 1 amide bonds. The van der Waals surface area contributed by atoms with Crippen molar-refractivity contribution in [2.75, 3.05) is 19.6 Å². The van der Waals surface area contributed by atoms with Crippen LogP contribution >= 0.6 is 0 Å². The third-order valence-electron chi connectivity index (χ3n) is 5.56. The smallest absolute Gasteiger partial charge is 0.219 e. The van der Waals surface area contributed by atoms with Crippen LogP contribution in [0.15, 0.2) is 30.5 Å². The number of carbonyl (C=O) groups excluding carboxylic acids is 1. The van der Waals surface area contributed by atoms with Gasteiger partial charge in [0.25, 0.3) is 0 Å². The van der Waals surface area contributed by atoms with Crippen molar-refractivity contribution in [2.24, 2.45) is 0 Å². The number of nitrogens with zero attached hydrogens (tertiary/aromatic N) is 4. The molecular weight excluding hydrogens is 343 g/mol. The van der Waals surface area contributed by atoms with Crippen LogP contribution in [0.5, 0.6) is 0 Å². The first-order valence-electron chi connectivity index (χ1n) is 9.65. The molecule has 142 valence electrons. The van der Waals surface area contributed by atoms with Gasteiger partial charge >= 0.3 is 0 Å². The van der Waals surface area contributed by atoms with Crippen molar-refractivity contribution in [3.8, 4) is 0 Å². The van der Waals surface area contributed by atoms with E-state index in [0.29, 0.717) is 0 Å². The standard InChI is InChI=1S/C21H25FN4O/c1-15(27)26-8-3-5-17(14-26)21-23-11-18-13-25(9-7-20(18)24-21)12-16-4-2-6-19(22)10-16/h2,4,6,10-11,17H,3,5,7-9,12-14H2,1H3/t17-/m0/s1. The average molecular weight is 368 g/mol. The van der Waals surface area contributed by atoms with E-state index in [1.54, 1.807) is 19.1 Å². The second-order valence-electron chi connectivity index (χ2n) is 7.59. The van der Waals surface area contributed by atoms with E-state index in [1.165, 1.54) is 6.07 Å². The van der Waals surface area contributed by atoms with Gasteiger partial charge in [0, 0.05) is 69.4 Å². The van der Waals surface area contributed by atoms with E-state index >= 15 is 0 Å². The third kappa shape index (κ3) is 4.16. The summed E-state index contributed by atoms with van der Waals surface area (Å²) >= 11 is 0. The lowest BCUT2D eigenvalue weighted by molar-refractivity contribution is -0.130. The molecule has 1 aromatic heterocycles. The van der Waals surface area contributed by atoms with E-state index in [-0.39, 0.29) is 17.6 Å². The molecule has 0 spiro atoms. The summed E-state index contributed by atoms with van der Waals surface area (Å²) < 4.78 is 13.4. The van der Waals surface area contributed by atoms with Crippen molar-refractivity contribution in [3.05, 3.63) is 58.9 Å². The Morgan fingerprint density at radius 2 is 2.22 bits per heavy atom. The Hall–Kier alpha value is -2.34. The monoisotopic (exact) mass is 368 g/mol. The van der Waals surface area contributed by atoms with Crippen LogP contribution in [0.1, 0.15) is 48.3 Å². The number of fused-ring (bicyclic) bond motifs is 1. The Morgan fingerprint density at radius 1 is 1.33 bits per heavy atom. The summed E-state index contributed by atoms with van der Waals surface area (Å²) in [5.74, 6) is 1.05. The fourth-order valence-corrected chi connectivity index (χ4v) is 4.09. The molecule has 0 aliphatic carbocycles. The molecule has 1 saturated heterocycles. The van der Waals surface area contributed by atoms with Crippen LogP contribution in [0.4, 0.5) is 4.39 Å².